The van der Waals surface area contributed by atoms with Crippen molar-refractivity contribution in [1.82, 2.24) is 0 Å². The zero-order valence-corrected chi connectivity index (χ0v) is 6.25. The Morgan fingerprint density at radius 1 is 1.27 bits per heavy atom. The zero-order chi connectivity index (χ0) is 7.68. The molecule has 1 heteroatoms. The Hall–Kier alpha value is -1.24. The molecule has 1 nitrogen and oxygen atoms in total. The molecule has 0 unspecified atom stereocenters. The topological polar surface area (TPSA) is 20.2 Å². The van der Waals surface area contributed by atoms with Crippen LogP contribution in [0, 0.1) is 0 Å². The van der Waals surface area contributed by atoms with Crippen molar-refractivity contribution in [3.63, 3.8) is 0 Å². The summed E-state index contributed by atoms with van der Waals surface area (Å²) >= 11 is 0. The van der Waals surface area contributed by atoms with E-state index in [0.717, 1.165) is 12.8 Å². The van der Waals surface area contributed by atoms with Crippen LogP contribution in [-0.2, 0) is 6.42 Å². The molecule has 1 aliphatic rings. The van der Waals surface area contributed by atoms with E-state index in [1.807, 2.05) is 12.1 Å². The van der Waals surface area contributed by atoms with Crippen molar-refractivity contribution in [2.45, 2.75) is 12.8 Å². The number of hydrogen-bond donors (Lipinski definition) is 1. The average Bonchev–Trinajstić information content (AvgIpc) is 2.04. The van der Waals surface area contributed by atoms with Crippen molar-refractivity contribution in [3.8, 4) is 5.75 Å². The smallest absolute Gasteiger partial charge is 0.115 e. The van der Waals surface area contributed by atoms with E-state index in [-0.39, 0.29) is 0 Å². The molecule has 0 saturated carbocycles. The molecule has 1 aromatic carbocycles. The number of phenolic OH excluding ortho intramolecular Hbond substituents is 1. The highest BCUT2D eigenvalue weighted by atomic mass is 16.3. The number of benzene rings is 1. The van der Waals surface area contributed by atoms with Crippen molar-refractivity contribution in [2.75, 3.05) is 0 Å². The van der Waals surface area contributed by atoms with E-state index in [2.05, 4.69) is 12.2 Å². The molecule has 0 heterocycles. The fourth-order valence-corrected chi connectivity index (χ4v) is 1.42. The summed E-state index contributed by atoms with van der Waals surface area (Å²) in [5.74, 6) is 0.374. The van der Waals surface area contributed by atoms with Crippen LogP contribution in [0.4, 0.5) is 0 Å². The monoisotopic (exact) mass is 146 g/mol. The van der Waals surface area contributed by atoms with Crippen LogP contribution in [0.2, 0.25) is 0 Å². The number of aryl methyl sites for hydroxylation is 1. The third kappa shape index (κ3) is 1.14. The highest BCUT2D eigenvalue weighted by Gasteiger charge is 2.03. The van der Waals surface area contributed by atoms with Gasteiger partial charge in [0, 0.05) is 0 Å². The zero-order valence-electron chi connectivity index (χ0n) is 6.25. The summed E-state index contributed by atoms with van der Waals surface area (Å²) < 4.78 is 0. The fraction of sp³-hybridized carbons (Fsp3) is 0.200. The van der Waals surface area contributed by atoms with Crippen molar-refractivity contribution in [2.24, 2.45) is 0 Å². The van der Waals surface area contributed by atoms with Crippen LogP contribution in [0.5, 0.6) is 5.75 Å². The second kappa shape index (κ2) is 2.42. The lowest BCUT2D eigenvalue weighted by Crippen LogP contribution is -1.92. The molecule has 0 radical (unpaired) electrons. The van der Waals surface area contributed by atoms with E-state index >= 15 is 0 Å². The summed E-state index contributed by atoms with van der Waals surface area (Å²) in [6.45, 7) is 0. The molecule has 0 fully saturated rings. The number of allylic oxidation sites excluding steroid dienone is 1. The minimum atomic E-state index is 0.374. The molecular formula is C10H10O. The summed E-state index contributed by atoms with van der Waals surface area (Å²) in [5, 5.41) is 9.16. The van der Waals surface area contributed by atoms with Gasteiger partial charge in [-0.25, -0.2) is 0 Å². The minimum Gasteiger partial charge on any atom is -0.508 e. The number of fused-ring (bicyclic) bond motifs is 1. The maximum atomic E-state index is 9.16. The molecular weight excluding hydrogens is 136 g/mol. The molecule has 56 valence electrons. The molecule has 1 aromatic rings. The predicted octanol–water partition coefficient (Wildman–Crippen LogP) is 2.35. The molecule has 0 amide bonds. The Kier molecular flexibility index (Phi) is 1.42. The Balaban J connectivity index is 2.53. The lowest BCUT2D eigenvalue weighted by molar-refractivity contribution is 0.474. The maximum absolute atomic E-state index is 9.16. The highest BCUT2D eigenvalue weighted by molar-refractivity contribution is 5.57. The number of aromatic hydroxyl groups is 1. The molecule has 1 N–H and O–H groups in total. The van der Waals surface area contributed by atoms with Crippen LogP contribution in [0.15, 0.2) is 24.3 Å². The van der Waals surface area contributed by atoms with Crippen LogP contribution in [-0.4, -0.2) is 5.11 Å². The second-order valence-electron chi connectivity index (χ2n) is 2.82. The van der Waals surface area contributed by atoms with Crippen LogP contribution in [0.1, 0.15) is 17.5 Å². The Morgan fingerprint density at radius 3 is 3.09 bits per heavy atom. The fourth-order valence-electron chi connectivity index (χ4n) is 1.42. The largest absolute Gasteiger partial charge is 0.508 e. The molecule has 0 spiro atoms. The minimum absolute atomic E-state index is 0.374. The van der Waals surface area contributed by atoms with Gasteiger partial charge in [0.1, 0.15) is 5.75 Å². The van der Waals surface area contributed by atoms with Gasteiger partial charge in [0.15, 0.2) is 0 Å². The van der Waals surface area contributed by atoms with Gasteiger partial charge in [0.05, 0.1) is 0 Å². The van der Waals surface area contributed by atoms with Gasteiger partial charge in [0.25, 0.3) is 0 Å². The van der Waals surface area contributed by atoms with Crippen molar-refractivity contribution in [1.29, 1.82) is 0 Å². The first-order valence-electron chi connectivity index (χ1n) is 3.85. The van der Waals surface area contributed by atoms with Gasteiger partial charge in [-0.15, -0.1) is 0 Å². The molecule has 0 atom stereocenters. The SMILES string of the molecule is Oc1ccc2c(c1)CCC=C2. The quantitative estimate of drug-likeness (QED) is 0.595. The molecule has 0 saturated heterocycles. The van der Waals surface area contributed by atoms with Crippen molar-refractivity contribution in [3.05, 3.63) is 35.4 Å². The van der Waals surface area contributed by atoms with Crippen LogP contribution < -0.4 is 0 Å². The third-order valence-electron chi connectivity index (χ3n) is 2.00. The Labute approximate surface area is 66.0 Å². The highest BCUT2D eigenvalue weighted by Crippen LogP contribution is 2.22. The maximum Gasteiger partial charge on any atom is 0.115 e. The molecule has 0 aromatic heterocycles. The van der Waals surface area contributed by atoms with Gasteiger partial charge < -0.3 is 5.11 Å². The van der Waals surface area contributed by atoms with Crippen molar-refractivity contribution >= 4 is 6.08 Å². The van der Waals surface area contributed by atoms with Gasteiger partial charge in [-0.05, 0) is 36.1 Å². The van der Waals surface area contributed by atoms with Crippen LogP contribution in [0.25, 0.3) is 6.08 Å². The molecule has 2 rings (SSSR count). The molecule has 1 aliphatic carbocycles. The molecule has 0 bridgehead atoms. The first-order chi connectivity index (χ1) is 5.36. The van der Waals surface area contributed by atoms with Gasteiger partial charge >= 0.3 is 0 Å². The molecule has 11 heavy (non-hydrogen) atoms. The van der Waals surface area contributed by atoms with E-state index in [0.29, 0.717) is 5.75 Å². The predicted molar refractivity (Wildman–Crippen MR) is 45.5 cm³/mol. The van der Waals surface area contributed by atoms with E-state index in [1.54, 1.807) is 6.07 Å². The molecule has 0 aliphatic heterocycles. The normalized spacial score (nSPS) is 14.5. The number of hydrogen-bond acceptors (Lipinski definition) is 1. The first kappa shape index (κ1) is 6.47. The van der Waals surface area contributed by atoms with E-state index < -0.39 is 0 Å². The standard InChI is InChI=1S/C10H10O/c11-10-6-5-8-3-1-2-4-9(8)7-10/h1,3,5-7,11H,2,4H2. The van der Waals surface area contributed by atoms with Crippen LogP contribution >= 0.6 is 0 Å². The second-order valence-corrected chi connectivity index (χ2v) is 2.82. The van der Waals surface area contributed by atoms with E-state index in [4.69, 9.17) is 5.11 Å². The van der Waals surface area contributed by atoms with Crippen molar-refractivity contribution < 1.29 is 5.11 Å². The Bertz CT molecular complexity index is 300. The number of rotatable bonds is 0. The summed E-state index contributed by atoms with van der Waals surface area (Å²) in [6, 6.07) is 5.54. The lowest BCUT2D eigenvalue weighted by atomic mass is 9.97. The average molecular weight is 146 g/mol. The van der Waals surface area contributed by atoms with Crippen LogP contribution in [0.3, 0.4) is 0 Å². The van der Waals surface area contributed by atoms with E-state index in [9.17, 15) is 0 Å². The number of phenols is 1. The van der Waals surface area contributed by atoms with Gasteiger partial charge in [-0.2, -0.15) is 0 Å². The van der Waals surface area contributed by atoms with Gasteiger partial charge in [-0.3, -0.25) is 0 Å². The summed E-state index contributed by atoms with van der Waals surface area (Å²) in [7, 11) is 0. The third-order valence-corrected chi connectivity index (χ3v) is 2.00. The lowest BCUT2D eigenvalue weighted by Gasteiger charge is -2.09. The van der Waals surface area contributed by atoms with Gasteiger partial charge in [-0.1, -0.05) is 18.2 Å². The van der Waals surface area contributed by atoms with Gasteiger partial charge in [0.2, 0.25) is 0 Å². The Morgan fingerprint density at radius 2 is 2.18 bits per heavy atom. The summed E-state index contributed by atoms with van der Waals surface area (Å²) in [5.41, 5.74) is 2.50. The first-order valence-corrected chi connectivity index (χ1v) is 3.85. The summed E-state index contributed by atoms with van der Waals surface area (Å²) in [6.07, 6.45) is 6.42. The summed E-state index contributed by atoms with van der Waals surface area (Å²) in [4.78, 5) is 0. The van der Waals surface area contributed by atoms with E-state index in [1.165, 1.54) is 11.1 Å².